The Morgan fingerprint density at radius 2 is 1.00 bits per heavy atom. The molecule has 1 N–H and O–H groups in total. The second-order valence-corrected chi connectivity index (χ2v) is 14.4. The van der Waals surface area contributed by atoms with Crippen molar-refractivity contribution in [1.29, 1.82) is 0 Å². The summed E-state index contributed by atoms with van der Waals surface area (Å²) in [6.07, 6.45) is 67.0. The molecule has 0 aliphatic carbocycles. The quantitative estimate of drug-likeness (QED) is 0.0573. The van der Waals surface area contributed by atoms with E-state index in [4.69, 9.17) is 9.47 Å². The topological polar surface area (TPSA) is 99.5 Å². The van der Waals surface area contributed by atoms with Gasteiger partial charge in [-0.05, 0) is 109 Å². The number of hydrogen-bond acceptors (Lipinski definition) is 6. The van der Waals surface area contributed by atoms with Crippen LogP contribution in [0.25, 0.3) is 0 Å². The number of carbonyl (C=O) groups excluding carboxylic acids is 2. The molecule has 2 heterocycles. The molecule has 0 saturated carbocycles. The van der Waals surface area contributed by atoms with Crippen LogP contribution in [0.2, 0.25) is 0 Å². The van der Waals surface area contributed by atoms with Gasteiger partial charge in [0.1, 0.15) is 18.7 Å². The van der Waals surface area contributed by atoms with Crippen molar-refractivity contribution in [1.82, 2.24) is 9.55 Å². The fourth-order valence-electron chi connectivity index (χ4n) is 5.87. The number of allylic oxidation sites excluding steroid dienone is 24. The Balaban J connectivity index is 1.52. The lowest BCUT2D eigenvalue weighted by molar-refractivity contribution is -0.148. The number of nitrogens with one attached hydrogen (secondary N) is 1. The lowest BCUT2D eigenvalue weighted by Crippen LogP contribution is -2.28. The van der Waals surface area contributed by atoms with Gasteiger partial charge in [0.05, 0.1) is 6.10 Å². The zero-order valence-corrected chi connectivity index (χ0v) is 37.0. The molecule has 1 aliphatic heterocycles. The summed E-state index contributed by atoms with van der Waals surface area (Å²) in [5.41, 5.74) is -0.506. The van der Waals surface area contributed by atoms with Gasteiger partial charge in [-0.15, -0.1) is 0 Å². The van der Waals surface area contributed by atoms with Gasteiger partial charge < -0.3 is 14.8 Å². The van der Waals surface area contributed by atoms with Crippen LogP contribution in [0.15, 0.2) is 163 Å². The van der Waals surface area contributed by atoms with Crippen molar-refractivity contribution < 1.29 is 19.1 Å². The Morgan fingerprint density at radius 1 is 0.607 bits per heavy atom. The molecule has 8 nitrogen and oxygen atoms in total. The van der Waals surface area contributed by atoms with Crippen molar-refractivity contribution in [3.05, 3.63) is 169 Å². The summed E-state index contributed by atoms with van der Waals surface area (Å²) < 4.78 is 12.9. The smallest absolute Gasteiger partial charge is 0.351 e. The first kappa shape index (κ1) is 51.8. The molecule has 1 fully saturated rings. The molecular formula is C53H73N3O5. The van der Waals surface area contributed by atoms with E-state index in [0.29, 0.717) is 38.5 Å². The highest BCUT2D eigenvalue weighted by molar-refractivity contribution is 5.89. The van der Waals surface area contributed by atoms with Crippen LogP contribution in [0.3, 0.4) is 0 Å². The van der Waals surface area contributed by atoms with Crippen LogP contribution in [-0.4, -0.2) is 34.1 Å². The SMILES string of the molecule is CC/C=C\C/C=C\C/C=C\C/C=C\C/C=C\C/C=C\CCC(=O)Nc1ccn([C@H]2CC[C@@H](COC(=O)CC/C=C\C/C=C\C/C=C\C/C=C\C/C=C\C/C=C\CC)O2)c(=O)n1. The van der Waals surface area contributed by atoms with Crippen LogP contribution in [0.1, 0.15) is 136 Å². The number of aromatic nitrogens is 2. The number of ether oxygens (including phenoxy) is 2. The monoisotopic (exact) mass is 832 g/mol. The minimum Gasteiger partial charge on any atom is -0.463 e. The maximum Gasteiger partial charge on any atom is 0.351 e. The van der Waals surface area contributed by atoms with Crippen molar-refractivity contribution >= 4 is 17.7 Å². The van der Waals surface area contributed by atoms with E-state index >= 15 is 0 Å². The maximum atomic E-state index is 12.8. The van der Waals surface area contributed by atoms with E-state index in [1.165, 1.54) is 4.57 Å². The predicted octanol–water partition coefficient (Wildman–Crippen LogP) is 13.4. The fraction of sp³-hybridized carbons (Fsp3) is 0.434. The third-order valence-corrected chi connectivity index (χ3v) is 9.17. The van der Waals surface area contributed by atoms with E-state index in [1.54, 1.807) is 12.3 Å². The molecule has 61 heavy (non-hydrogen) atoms. The van der Waals surface area contributed by atoms with E-state index in [-0.39, 0.29) is 30.4 Å². The number of hydrogen-bond donors (Lipinski definition) is 1. The van der Waals surface area contributed by atoms with Crippen LogP contribution in [-0.2, 0) is 19.1 Å². The highest BCUT2D eigenvalue weighted by Gasteiger charge is 2.28. The lowest BCUT2D eigenvalue weighted by Gasteiger charge is -2.16. The molecule has 8 heteroatoms. The summed E-state index contributed by atoms with van der Waals surface area (Å²) in [6, 6.07) is 1.60. The number of anilines is 1. The number of amides is 1. The molecule has 1 aromatic rings. The molecule has 0 unspecified atom stereocenters. The zero-order chi connectivity index (χ0) is 43.7. The fourth-order valence-corrected chi connectivity index (χ4v) is 5.87. The molecule has 1 amide bonds. The van der Waals surface area contributed by atoms with Crippen LogP contribution in [0.4, 0.5) is 5.82 Å². The average molecular weight is 832 g/mol. The first-order valence-corrected chi connectivity index (χ1v) is 22.5. The van der Waals surface area contributed by atoms with Gasteiger partial charge in [-0.3, -0.25) is 14.2 Å². The summed E-state index contributed by atoms with van der Waals surface area (Å²) in [4.78, 5) is 41.5. The van der Waals surface area contributed by atoms with Gasteiger partial charge >= 0.3 is 11.7 Å². The van der Waals surface area contributed by atoms with E-state index in [0.717, 1.165) is 77.0 Å². The van der Waals surface area contributed by atoms with Gasteiger partial charge in [-0.25, -0.2) is 4.79 Å². The van der Waals surface area contributed by atoms with Gasteiger partial charge in [0.2, 0.25) is 5.91 Å². The normalized spacial score (nSPS) is 16.7. The first-order chi connectivity index (χ1) is 30.0. The Hall–Kier alpha value is -5.34. The first-order valence-electron chi connectivity index (χ1n) is 22.5. The van der Waals surface area contributed by atoms with E-state index in [1.807, 2.05) is 18.2 Å². The molecule has 0 spiro atoms. The van der Waals surface area contributed by atoms with Gasteiger partial charge in [0.25, 0.3) is 0 Å². The summed E-state index contributed by atoms with van der Waals surface area (Å²) in [5.74, 6) is -0.264. The van der Waals surface area contributed by atoms with Gasteiger partial charge in [0, 0.05) is 19.0 Å². The summed E-state index contributed by atoms with van der Waals surface area (Å²) in [7, 11) is 0. The van der Waals surface area contributed by atoms with Crippen molar-refractivity contribution in [2.75, 3.05) is 11.9 Å². The van der Waals surface area contributed by atoms with Crippen molar-refractivity contribution in [2.24, 2.45) is 0 Å². The standard InChI is InChI=1S/C53H73N3O5/c1-3-5-7-9-11-13-15-17-19-21-23-25-27-29-31-33-35-37-39-41-50(57)54-49-45-46-56(53(59)55-49)51-44-43-48(61-51)47-60-52(58)42-40-38-36-34-32-30-28-26-24-22-20-18-16-14-12-10-8-6-4-2/h5-8,11-14,17-20,23-26,29-32,35-38,45-46,48,51H,3-4,9-10,15-16,21-22,27-28,33-34,39-44,47H2,1-2H3,(H,54,55,57,59)/b7-5-,8-6-,13-11-,14-12-,19-17-,20-18-,25-23-,26-24-,31-29-,32-30-,37-35-,38-36-/t48-,51+/m0/s1. The molecule has 0 radical (unpaired) electrons. The summed E-state index contributed by atoms with van der Waals surface area (Å²) >= 11 is 0. The number of esters is 1. The number of carbonyl (C=O) groups is 2. The predicted molar refractivity (Wildman–Crippen MR) is 256 cm³/mol. The van der Waals surface area contributed by atoms with Gasteiger partial charge in [-0.2, -0.15) is 4.98 Å². The third-order valence-electron chi connectivity index (χ3n) is 9.17. The van der Waals surface area contributed by atoms with Crippen molar-refractivity contribution in [3.63, 3.8) is 0 Å². The molecule has 0 bridgehead atoms. The number of rotatable bonds is 32. The molecule has 2 rings (SSSR count). The molecule has 1 aliphatic rings. The van der Waals surface area contributed by atoms with E-state index in [2.05, 4.69) is 152 Å². The Morgan fingerprint density at radius 3 is 1.41 bits per heavy atom. The largest absolute Gasteiger partial charge is 0.463 e. The molecule has 0 aromatic carbocycles. The average Bonchev–Trinajstić information content (AvgIpc) is 3.73. The minimum atomic E-state index is -0.506. The molecular weight excluding hydrogens is 759 g/mol. The molecule has 1 aromatic heterocycles. The Bertz CT molecular complexity index is 1760. The second-order valence-electron chi connectivity index (χ2n) is 14.4. The zero-order valence-electron chi connectivity index (χ0n) is 37.0. The van der Waals surface area contributed by atoms with Crippen LogP contribution in [0.5, 0.6) is 0 Å². The van der Waals surface area contributed by atoms with Crippen molar-refractivity contribution in [3.8, 4) is 0 Å². The highest BCUT2D eigenvalue weighted by Crippen LogP contribution is 2.27. The van der Waals surface area contributed by atoms with Crippen molar-refractivity contribution in [2.45, 2.75) is 142 Å². The van der Waals surface area contributed by atoms with Crippen LogP contribution in [0, 0.1) is 0 Å². The Labute approximate surface area is 367 Å². The number of nitrogens with zero attached hydrogens (tertiary/aromatic N) is 2. The van der Waals surface area contributed by atoms with Crippen LogP contribution < -0.4 is 11.0 Å². The van der Waals surface area contributed by atoms with E-state index in [9.17, 15) is 14.4 Å². The molecule has 330 valence electrons. The molecule has 2 atom stereocenters. The Kier molecular flexibility index (Phi) is 32.0. The highest BCUT2D eigenvalue weighted by atomic mass is 16.6. The third kappa shape index (κ3) is 29.5. The second kappa shape index (κ2) is 37.6. The summed E-state index contributed by atoms with van der Waals surface area (Å²) in [6.45, 7) is 4.44. The molecule has 1 saturated heterocycles. The minimum absolute atomic E-state index is 0.145. The van der Waals surface area contributed by atoms with Gasteiger partial charge in [-0.1, -0.05) is 160 Å². The van der Waals surface area contributed by atoms with E-state index < -0.39 is 11.9 Å². The summed E-state index contributed by atoms with van der Waals surface area (Å²) in [5, 5.41) is 2.71. The lowest BCUT2D eigenvalue weighted by atomic mass is 10.2. The van der Waals surface area contributed by atoms with Gasteiger partial charge in [0.15, 0.2) is 0 Å². The maximum absolute atomic E-state index is 12.8. The van der Waals surface area contributed by atoms with Crippen LogP contribution >= 0.6 is 0 Å².